The molecule has 9 nitrogen and oxygen atoms in total. The first-order valence-electron chi connectivity index (χ1n) is 8.05. The van der Waals surface area contributed by atoms with Gasteiger partial charge in [0.05, 0.1) is 21.0 Å². The summed E-state index contributed by atoms with van der Waals surface area (Å²) in [5.41, 5.74) is 0.302. The van der Waals surface area contributed by atoms with Gasteiger partial charge in [0.1, 0.15) is 5.92 Å². The maximum atomic E-state index is 12.8. The van der Waals surface area contributed by atoms with Crippen LogP contribution in [0.4, 0.5) is 0 Å². The minimum atomic E-state index is -4.54. The molecule has 1 heterocycles. The van der Waals surface area contributed by atoms with Gasteiger partial charge in [-0.1, -0.05) is 6.07 Å². The van der Waals surface area contributed by atoms with Crippen LogP contribution in [0.25, 0.3) is 10.9 Å². The van der Waals surface area contributed by atoms with Gasteiger partial charge in [-0.25, -0.2) is 0 Å². The van der Waals surface area contributed by atoms with E-state index in [2.05, 4.69) is 4.98 Å². The second-order valence-corrected chi connectivity index (χ2v) is 9.25. The van der Waals surface area contributed by atoms with E-state index in [1.807, 2.05) is 0 Å². The molecule has 0 aliphatic heterocycles. The van der Waals surface area contributed by atoms with Gasteiger partial charge in [0.15, 0.2) is 11.6 Å². The van der Waals surface area contributed by atoms with Gasteiger partial charge in [0.25, 0.3) is 20.2 Å². The number of aromatic nitrogens is 1. The summed E-state index contributed by atoms with van der Waals surface area (Å²) in [6, 6.07) is 9.66. The maximum Gasteiger partial charge on any atom is 0.294 e. The second-order valence-electron chi connectivity index (χ2n) is 6.41. The Hall–Kier alpha value is -2.99. The zero-order chi connectivity index (χ0) is 21.1. The number of carbonyl (C=O) groups is 2. The van der Waals surface area contributed by atoms with Gasteiger partial charge < -0.3 is 0 Å². The molecule has 1 atom stereocenters. The van der Waals surface area contributed by atoms with E-state index in [0.29, 0.717) is 10.9 Å². The molecule has 0 fully saturated rings. The molecule has 3 aromatic rings. The highest BCUT2D eigenvalue weighted by Gasteiger charge is 2.41. The smallest absolute Gasteiger partial charge is 0.293 e. The fourth-order valence-electron chi connectivity index (χ4n) is 3.24. The van der Waals surface area contributed by atoms with Crippen LogP contribution in [-0.2, 0) is 20.2 Å². The predicted octanol–water partition coefficient (Wildman–Crippen LogP) is 1.89. The summed E-state index contributed by atoms with van der Waals surface area (Å²) in [6.45, 7) is 0. The van der Waals surface area contributed by atoms with Gasteiger partial charge in [-0.05, 0) is 42.5 Å². The summed E-state index contributed by atoms with van der Waals surface area (Å²) in [5, 5.41) is 0.368. The molecule has 2 N–H and O–H groups in total. The fourth-order valence-corrected chi connectivity index (χ4v) is 4.26. The maximum absolute atomic E-state index is 12.8. The second kappa shape index (κ2) is 6.26. The number of nitrogens with zero attached hydrogens (tertiary/aromatic N) is 1. The van der Waals surface area contributed by atoms with Crippen molar-refractivity contribution in [3.05, 3.63) is 65.4 Å². The molecule has 29 heavy (non-hydrogen) atoms. The number of pyridine rings is 1. The molecule has 0 bridgehead atoms. The molecule has 1 aliphatic carbocycles. The molecule has 0 spiro atoms. The van der Waals surface area contributed by atoms with E-state index in [9.17, 15) is 26.4 Å². The van der Waals surface area contributed by atoms with Gasteiger partial charge in [-0.15, -0.1) is 0 Å². The highest BCUT2D eigenvalue weighted by Crippen LogP contribution is 2.35. The van der Waals surface area contributed by atoms with Crippen molar-refractivity contribution in [2.75, 3.05) is 0 Å². The van der Waals surface area contributed by atoms with Crippen molar-refractivity contribution in [1.29, 1.82) is 0 Å². The molecule has 0 amide bonds. The summed E-state index contributed by atoms with van der Waals surface area (Å²) in [4.78, 5) is 28.9. The van der Waals surface area contributed by atoms with E-state index in [1.54, 1.807) is 0 Å². The van der Waals surface area contributed by atoms with Crippen molar-refractivity contribution in [2.45, 2.75) is 15.7 Å². The minimum Gasteiger partial charge on any atom is -0.293 e. The Bertz CT molecular complexity index is 1440. The predicted molar refractivity (Wildman–Crippen MR) is 99.2 cm³/mol. The van der Waals surface area contributed by atoms with Crippen molar-refractivity contribution in [1.82, 2.24) is 4.98 Å². The van der Waals surface area contributed by atoms with Crippen LogP contribution in [0.1, 0.15) is 32.3 Å². The molecule has 0 saturated heterocycles. The number of fused-ring (bicyclic) bond motifs is 2. The summed E-state index contributed by atoms with van der Waals surface area (Å²) < 4.78 is 63.4. The van der Waals surface area contributed by atoms with Gasteiger partial charge in [-0.3, -0.25) is 23.7 Å². The molecular formula is C18H11NO8S2. The van der Waals surface area contributed by atoms with Crippen molar-refractivity contribution < 1.29 is 35.5 Å². The summed E-state index contributed by atoms with van der Waals surface area (Å²) >= 11 is 0. The zero-order valence-electron chi connectivity index (χ0n) is 14.3. The molecule has 2 aromatic carbocycles. The summed E-state index contributed by atoms with van der Waals surface area (Å²) in [5.74, 6) is -2.50. The van der Waals surface area contributed by atoms with Crippen molar-refractivity contribution in [3.8, 4) is 0 Å². The van der Waals surface area contributed by atoms with E-state index in [1.165, 1.54) is 24.3 Å². The van der Waals surface area contributed by atoms with Crippen molar-refractivity contribution in [2.24, 2.45) is 0 Å². The lowest BCUT2D eigenvalue weighted by Gasteiger charge is -2.08. The van der Waals surface area contributed by atoms with E-state index >= 15 is 0 Å². The number of benzene rings is 2. The highest BCUT2D eigenvalue weighted by atomic mass is 32.2. The van der Waals surface area contributed by atoms with E-state index < -0.39 is 42.6 Å². The Kier molecular flexibility index (Phi) is 4.17. The SMILES string of the molecule is O=C1c2ccc(S(=O)(=O)O)cc2C(=O)[C@H]1c1ccc2cc(S(=O)(=O)O)ccc2n1. The molecule has 11 heteroatoms. The Morgan fingerprint density at radius 2 is 1.31 bits per heavy atom. The normalized spacial score (nSPS) is 17.0. The topological polar surface area (TPSA) is 156 Å². The molecule has 0 saturated carbocycles. The van der Waals surface area contributed by atoms with Gasteiger partial charge in [0, 0.05) is 16.5 Å². The number of hydrogen-bond acceptors (Lipinski definition) is 7. The molecule has 0 unspecified atom stereocenters. The molecule has 4 rings (SSSR count). The van der Waals surface area contributed by atoms with Crippen LogP contribution in [0.3, 0.4) is 0 Å². The van der Waals surface area contributed by atoms with Crippen LogP contribution in [0, 0.1) is 0 Å². The standard InChI is InChI=1S/C18H11NO8S2/c20-17-12-4-2-11(29(25,26)27)8-13(12)18(21)16(17)15-5-1-9-7-10(28(22,23)24)3-6-14(9)19-15/h1-8,16H,(H,22,23,24)(H,25,26,27)/t16-/m0/s1. The van der Waals surface area contributed by atoms with Crippen LogP contribution in [-0.4, -0.2) is 42.5 Å². The van der Waals surface area contributed by atoms with Crippen LogP contribution in [0.15, 0.2) is 58.3 Å². The van der Waals surface area contributed by atoms with Crippen LogP contribution in [0.2, 0.25) is 0 Å². The van der Waals surface area contributed by atoms with Gasteiger partial charge >= 0.3 is 0 Å². The third kappa shape index (κ3) is 3.23. The average molecular weight is 433 g/mol. The first-order chi connectivity index (χ1) is 13.5. The van der Waals surface area contributed by atoms with E-state index in [0.717, 1.165) is 24.3 Å². The number of carbonyl (C=O) groups excluding carboxylic acids is 2. The number of hydrogen-bond donors (Lipinski definition) is 2. The fraction of sp³-hybridized carbons (Fsp3) is 0.0556. The van der Waals surface area contributed by atoms with Gasteiger partial charge in [0.2, 0.25) is 0 Å². The Balaban J connectivity index is 1.79. The first-order valence-corrected chi connectivity index (χ1v) is 10.9. The van der Waals surface area contributed by atoms with Gasteiger partial charge in [-0.2, -0.15) is 16.8 Å². The Labute approximate surface area is 164 Å². The lowest BCUT2D eigenvalue weighted by molar-refractivity contribution is 0.0888. The number of rotatable bonds is 3. The third-order valence-corrected chi connectivity index (χ3v) is 6.32. The molecule has 0 radical (unpaired) electrons. The number of ketones is 2. The quantitative estimate of drug-likeness (QED) is 0.465. The van der Waals surface area contributed by atoms with Crippen LogP contribution in [0.5, 0.6) is 0 Å². The summed E-state index contributed by atoms with van der Waals surface area (Å²) in [7, 11) is -8.94. The Morgan fingerprint density at radius 3 is 1.97 bits per heavy atom. The Morgan fingerprint density at radius 1 is 0.724 bits per heavy atom. The molecular weight excluding hydrogens is 422 g/mol. The van der Waals surface area contributed by atoms with Crippen LogP contribution < -0.4 is 0 Å². The molecule has 1 aliphatic rings. The monoisotopic (exact) mass is 433 g/mol. The van der Waals surface area contributed by atoms with Crippen molar-refractivity contribution in [3.63, 3.8) is 0 Å². The first kappa shape index (κ1) is 19.3. The molecule has 148 valence electrons. The van der Waals surface area contributed by atoms with Crippen molar-refractivity contribution >= 4 is 42.7 Å². The zero-order valence-corrected chi connectivity index (χ0v) is 15.9. The number of Topliss-reactive ketones (excluding diaryl/α,β-unsaturated/α-hetero) is 2. The van der Waals surface area contributed by atoms with E-state index in [-0.39, 0.29) is 21.7 Å². The van der Waals surface area contributed by atoms with E-state index in [4.69, 9.17) is 9.11 Å². The molecule has 1 aromatic heterocycles. The lowest BCUT2D eigenvalue weighted by atomic mass is 9.98. The minimum absolute atomic E-state index is 0.0241. The van der Waals surface area contributed by atoms with Crippen LogP contribution >= 0.6 is 0 Å². The average Bonchev–Trinajstić information content (AvgIpc) is 2.90. The summed E-state index contributed by atoms with van der Waals surface area (Å²) in [6.07, 6.45) is 0. The highest BCUT2D eigenvalue weighted by molar-refractivity contribution is 7.86. The third-order valence-electron chi connectivity index (χ3n) is 4.62. The lowest BCUT2D eigenvalue weighted by Crippen LogP contribution is -2.14. The largest absolute Gasteiger partial charge is 0.294 e.